The van der Waals surface area contributed by atoms with Crippen molar-refractivity contribution in [1.82, 2.24) is 24.5 Å². The number of ether oxygens (including phenoxy) is 1. The van der Waals surface area contributed by atoms with Crippen LogP contribution in [0.5, 0.6) is 0 Å². The maximum absolute atomic E-state index is 14.1. The number of aromatic nitrogens is 5. The first kappa shape index (κ1) is 26.4. The van der Waals surface area contributed by atoms with Crippen LogP contribution in [-0.4, -0.2) is 56.8 Å². The second-order valence-electron chi connectivity index (χ2n) is 10.2. The summed E-state index contributed by atoms with van der Waals surface area (Å²) in [5.74, 6) is -0.515. The number of carboxylic acids is 1. The average Bonchev–Trinajstić information content (AvgIpc) is 3.26. The molecular formula is C25H32FN7O3Si. The van der Waals surface area contributed by atoms with E-state index in [2.05, 4.69) is 50.2 Å². The molecule has 0 fully saturated rings. The van der Waals surface area contributed by atoms with Crippen molar-refractivity contribution >= 4 is 47.7 Å². The summed E-state index contributed by atoms with van der Waals surface area (Å²) in [5, 5.41) is 16.1. The fourth-order valence-electron chi connectivity index (χ4n) is 3.91. The monoisotopic (exact) mass is 525 g/mol. The average molecular weight is 526 g/mol. The minimum atomic E-state index is -1.18. The second kappa shape index (κ2) is 10.8. The number of nitrogens with one attached hydrogen (secondary N) is 2. The molecule has 3 heterocycles. The fraction of sp³-hybridized carbons (Fsp3) is 0.400. The summed E-state index contributed by atoms with van der Waals surface area (Å²) in [6.07, 6.45) is 3.14. The Morgan fingerprint density at radius 3 is 2.70 bits per heavy atom. The van der Waals surface area contributed by atoms with Crippen LogP contribution in [0, 0.1) is 12.7 Å². The zero-order valence-electron chi connectivity index (χ0n) is 21.7. The van der Waals surface area contributed by atoms with Crippen molar-refractivity contribution in [3.05, 3.63) is 47.8 Å². The Labute approximate surface area is 215 Å². The Hall–Kier alpha value is -3.64. The number of hydrogen-bond acceptors (Lipinski definition) is 8. The van der Waals surface area contributed by atoms with E-state index in [9.17, 15) is 14.3 Å². The van der Waals surface area contributed by atoms with Gasteiger partial charge in [0.2, 0.25) is 0 Å². The molecule has 196 valence electrons. The van der Waals surface area contributed by atoms with Gasteiger partial charge in [-0.25, -0.2) is 24.3 Å². The van der Waals surface area contributed by atoms with Gasteiger partial charge in [0, 0.05) is 31.2 Å². The predicted octanol–water partition coefficient (Wildman–Crippen LogP) is 4.80. The van der Waals surface area contributed by atoms with E-state index in [1.54, 1.807) is 19.3 Å². The third-order valence-corrected chi connectivity index (χ3v) is 7.76. The highest BCUT2D eigenvalue weighted by Crippen LogP contribution is 2.31. The number of pyridine rings is 1. The van der Waals surface area contributed by atoms with Crippen molar-refractivity contribution < 1.29 is 19.0 Å². The van der Waals surface area contributed by atoms with Crippen molar-refractivity contribution in [3.63, 3.8) is 0 Å². The molecule has 4 aromatic rings. The Bertz CT molecular complexity index is 1440. The van der Waals surface area contributed by atoms with Crippen molar-refractivity contribution in [2.24, 2.45) is 0 Å². The summed E-state index contributed by atoms with van der Waals surface area (Å²) >= 11 is 0. The van der Waals surface area contributed by atoms with Crippen LogP contribution in [0.3, 0.4) is 0 Å². The summed E-state index contributed by atoms with van der Waals surface area (Å²) in [4.78, 5) is 29.1. The standard InChI is InChI=1S/C25H32FN7O3Si/c1-15-19(26)7-6-17-10-18(23(32-21(15)17)27-11-20(34)35)16(2)31-24-22-25(29-12-28-24)33(13-30-22)14-36-8-9-37(3,4)5/h6-7,10,12-13,16H,8-9,11,14H2,1-5H3,(H,27,32)(H,34,35)(H,28,29,31). The largest absolute Gasteiger partial charge is 0.480 e. The van der Waals surface area contributed by atoms with Crippen LogP contribution in [0.1, 0.15) is 24.1 Å². The lowest BCUT2D eigenvalue weighted by Gasteiger charge is -2.20. The van der Waals surface area contributed by atoms with Crippen LogP contribution in [-0.2, 0) is 16.3 Å². The van der Waals surface area contributed by atoms with E-state index < -0.39 is 14.0 Å². The number of rotatable bonds is 11. The molecule has 0 bridgehead atoms. The molecule has 0 amide bonds. The molecule has 37 heavy (non-hydrogen) atoms. The quantitative estimate of drug-likeness (QED) is 0.187. The van der Waals surface area contributed by atoms with Crippen LogP contribution in [0.4, 0.5) is 16.0 Å². The van der Waals surface area contributed by atoms with Gasteiger partial charge in [-0.15, -0.1) is 0 Å². The lowest BCUT2D eigenvalue weighted by molar-refractivity contribution is -0.134. The van der Waals surface area contributed by atoms with Gasteiger partial charge in [0.25, 0.3) is 0 Å². The Balaban J connectivity index is 1.61. The molecule has 12 heteroatoms. The fourth-order valence-corrected chi connectivity index (χ4v) is 4.67. The SMILES string of the molecule is Cc1c(F)ccc2cc(C(C)Nc3ncnc4c3ncn4COCC[Si](C)(C)C)c(NCC(=O)O)nc12. The Kier molecular flexibility index (Phi) is 7.69. The lowest BCUT2D eigenvalue weighted by Crippen LogP contribution is -2.22. The van der Waals surface area contributed by atoms with Gasteiger partial charge in [0.15, 0.2) is 17.0 Å². The van der Waals surface area contributed by atoms with E-state index in [1.807, 2.05) is 17.6 Å². The predicted molar refractivity (Wildman–Crippen MR) is 144 cm³/mol. The molecule has 1 atom stereocenters. The first-order chi connectivity index (χ1) is 17.5. The molecule has 0 aliphatic carbocycles. The number of carboxylic acid groups (broad SMARTS) is 1. The van der Waals surface area contributed by atoms with Gasteiger partial charge in [0.1, 0.15) is 31.2 Å². The van der Waals surface area contributed by atoms with Gasteiger partial charge in [-0.1, -0.05) is 19.6 Å². The third-order valence-electron chi connectivity index (χ3n) is 6.06. The second-order valence-corrected chi connectivity index (χ2v) is 15.9. The Morgan fingerprint density at radius 2 is 1.97 bits per heavy atom. The summed E-state index contributed by atoms with van der Waals surface area (Å²) in [7, 11) is -1.18. The molecule has 3 aromatic heterocycles. The summed E-state index contributed by atoms with van der Waals surface area (Å²) in [6, 6.07) is 5.67. The van der Waals surface area contributed by atoms with Gasteiger partial charge >= 0.3 is 5.97 Å². The maximum Gasteiger partial charge on any atom is 0.322 e. The smallest absolute Gasteiger partial charge is 0.322 e. The molecule has 0 saturated carbocycles. The minimum absolute atomic E-state index is 0.327. The zero-order valence-corrected chi connectivity index (χ0v) is 22.7. The number of fused-ring (bicyclic) bond motifs is 2. The van der Waals surface area contributed by atoms with Gasteiger partial charge in [0.05, 0.1) is 17.9 Å². The van der Waals surface area contributed by atoms with E-state index in [-0.39, 0.29) is 18.4 Å². The van der Waals surface area contributed by atoms with Crippen LogP contribution >= 0.6 is 0 Å². The lowest BCUT2D eigenvalue weighted by atomic mass is 10.0. The molecule has 3 N–H and O–H groups in total. The first-order valence-electron chi connectivity index (χ1n) is 12.1. The zero-order chi connectivity index (χ0) is 26.7. The summed E-state index contributed by atoms with van der Waals surface area (Å²) < 4.78 is 21.8. The van der Waals surface area contributed by atoms with Gasteiger partial charge in [-0.05, 0) is 38.1 Å². The molecule has 0 spiro atoms. The highest BCUT2D eigenvalue weighted by Gasteiger charge is 2.19. The number of imidazole rings is 1. The van der Waals surface area contributed by atoms with E-state index in [0.29, 0.717) is 52.8 Å². The number of nitrogens with zero attached hydrogens (tertiary/aromatic N) is 5. The molecule has 0 aliphatic rings. The number of aryl methyl sites for hydroxylation is 1. The van der Waals surface area contributed by atoms with E-state index in [1.165, 1.54) is 12.4 Å². The third kappa shape index (κ3) is 6.20. The number of carbonyl (C=O) groups is 1. The highest BCUT2D eigenvalue weighted by molar-refractivity contribution is 6.76. The number of hydrogen-bond donors (Lipinski definition) is 3. The molecule has 1 aromatic carbocycles. The molecule has 1 unspecified atom stereocenters. The summed E-state index contributed by atoms with van der Waals surface area (Å²) in [5.41, 5.74) is 2.82. The maximum atomic E-state index is 14.1. The van der Waals surface area contributed by atoms with Gasteiger partial charge in [-0.2, -0.15) is 0 Å². The van der Waals surface area contributed by atoms with Crippen LogP contribution in [0.2, 0.25) is 25.7 Å². The normalized spacial score (nSPS) is 12.7. The van der Waals surface area contributed by atoms with E-state index >= 15 is 0 Å². The molecule has 10 nitrogen and oxygen atoms in total. The first-order valence-corrected chi connectivity index (χ1v) is 15.8. The summed E-state index contributed by atoms with van der Waals surface area (Å²) in [6.45, 7) is 11.2. The van der Waals surface area contributed by atoms with Crippen molar-refractivity contribution in [2.45, 2.75) is 52.3 Å². The highest BCUT2D eigenvalue weighted by atomic mass is 28.3. The number of aliphatic carboxylic acids is 1. The van der Waals surface area contributed by atoms with Crippen molar-refractivity contribution in [1.29, 1.82) is 0 Å². The van der Waals surface area contributed by atoms with E-state index in [4.69, 9.17) is 4.74 Å². The topological polar surface area (TPSA) is 127 Å². The van der Waals surface area contributed by atoms with Crippen LogP contribution < -0.4 is 10.6 Å². The van der Waals surface area contributed by atoms with Crippen LogP contribution in [0.15, 0.2) is 30.9 Å². The minimum Gasteiger partial charge on any atom is -0.480 e. The molecular weight excluding hydrogens is 493 g/mol. The Morgan fingerprint density at radius 1 is 1.19 bits per heavy atom. The van der Waals surface area contributed by atoms with Crippen molar-refractivity contribution in [3.8, 4) is 0 Å². The molecule has 4 rings (SSSR count). The van der Waals surface area contributed by atoms with Gasteiger partial charge < -0.3 is 20.5 Å². The van der Waals surface area contributed by atoms with Crippen molar-refractivity contribution in [2.75, 3.05) is 23.8 Å². The number of benzene rings is 1. The molecule has 0 aliphatic heterocycles. The molecule has 0 radical (unpaired) electrons. The number of halogens is 1. The van der Waals surface area contributed by atoms with Gasteiger partial charge in [-0.3, -0.25) is 9.36 Å². The number of anilines is 2. The molecule has 0 saturated heterocycles. The van der Waals surface area contributed by atoms with Crippen LogP contribution in [0.25, 0.3) is 22.1 Å². The van der Waals surface area contributed by atoms with E-state index in [0.717, 1.165) is 11.4 Å².